The Morgan fingerprint density at radius 2 is 1.71 bits per heavy atom. The first kappa shape index (κ1) is 23.8. The lowest BCUT2D eigenvalue weighted by atomic mass is 9.77. The first-order valence-electron chi connectivity index (χ1n) is 12.0. The van der Waals surface area contributed by atoms with E-state index in [1.165, 1.54) is 0 Å². The molecule has 7 heteroatoms. The molecule has 2 N–H and O–H groups in total. The molecule has 2 amide bonds. The lowest BCUT2D eigenvalue weighted by Crippen LogP contribution is -2.55. The highest BCUT2D eigenvalue weighted by Crippen LogP contribution is 2.44. The molecule has 1 aliphatic carbocycles. The van der Waals surface area contributed by atoms with Crippen LogP contribution in [0.4, 0.5) is 4.79 Å². The number of hydrogen-bond donors (Lipinski definition) is 2. The zero-order chi connectivity index (χ0) is 24.3. The summed E-state index contributed by atoms with van der Waals surface area (Å²) in [5.41, 5.74) is 3.62. The highest BCUT2D eigenvalue weighted by molar-refractivity contribution is 5.87. The summed E-state index contributed by atoms with van der Waals surface area (Å²) in [5, 5.41) is 12.4. The van der Waals surface area contributed by atoms with E-state index >= 15 is 0 Å². The number of rotatable bonds is 7. The van der Waals surface area contributed by atoms with Gasteiger partial charge in [-0.05, 0) is 47.9 Å². The Hall–Kier alpha value is -3.35. The smallest absolute Gasteiger partial charge is 0.407 e. The van der Waals surface area contributed by atoms with Crippen LogP contribution in [-0.2, 0) is 14.3 Å². The maximum Gasteiger partial charge on any atom is 0.407 e. The number of benzene rings is 2. The summed E-state index contributed by atoms with van der Waals surface area (Å²) < 4.78 is 5.59. The Labute approximate surface area is 200 Å². The summed E-state index contributed by atoms with van der Waals surface area (Å²) in [5.74, 6) is -1.18. The summed E-state index contributed by atoms with van der Waals surface area (Å²) >= 11 is 0. The number of carboxylic acid groups (broad SMARTS) is 1. The van der Waals surface area contributed by atoms with Gasteiger partial charge in [-0.1, -0.05) is 62.4 Å². The van der Waals surface area contributed by atoms with Gasteiger partial charge in [-0.15, -0.1) is 0 Å². The molecule has 0 aromatic heterocycles. The van der Waals surface area contributed by atoms with E-state index in [0.29, 0.717) is 32.2 Å². The standard InChI is InChI=1S/C27H32N2O5/c1-3-23(24(30)29-15-9-14-27(4-2,17-29)25(31)32)28-26(33)34-16-22-20-12-7-5-10-18(20)19-11-6-8-13-21(19)22/h5-8,10-13,22-23H,3-4,9,14-17H2,1-2H3,(H,28,33)(H,31,32)/t23-,27?/m0/s1. The predicted molar refractivity (Wildman–Crippen MR) is 128 cm³/mol. The van der Waals surface area contributed by atoms with Gasteiger partial charge in [-0.25, -0.2) is 4.79 Å². The minimum absolute atomic E-state index is 0.0586. The summed E-state index contributed by atoms with van der Waals surface area (Å²) in [6.07, 6.45) is 1.40. The molecule has 0 bridgehead atoms. The summed E-state index contributed by atoms with van der Waals surface area (Å²) in [6, 6.07) is 15.5. The van der Waals surface area contributed by atoms with Gasteiger partial charge >= 0.3 is 12.1 Å². The van der Waals surface area contributed by atoms with Crippen molar-refractivity contribution in [2.24, 2.45) is 5.41 Å². The molecule has 1 fully saturated rings. The van der Waals surface area contributed by atoms with E-state index in [-0.39, 0.29) is 25.0 Å². The number of nitrogens with zero attached hydrogens (tertiary/aromatic N) is 1. The molecule has 0 saturated carbocycles. The van der Waals surface area contributed by atoms with Gasteiger partial charge in [0.15, 0.2) is 0 Å². The van der Waals surface area contributed by atoms with E-state index in [4.69, 9.17) is 4.74 Å². The van der Waals surface area contributed by atoms with Gasteiger partial charge in [0, 0.05) is 19.0 Å². The largest absolute Gasteiger partial charge is 0.481 e. The Balaban J connectivity index is 1.40. The van der Waals surface area contributed by atoms with Crippen molar-refractivity contribution in [1.82, 2.24) is 10.2 Å². The van der Waals surface area contributed by atoms with Gasteiger partial charge in [0.25, 0.3) is 0 Å². The van der Waals surface area contributed by atoms with E-state index in [9.17, 15) is 19.5 Å². The molecule has 7 nitrogen and oxygen atoms in total. The average Bonchev–Trinajstić information content (AvgIpc) is 3.19. The lowest BCUT2D eigenvalue weighted by molar-refractivity contribution is -0.155. The molecule has 1 heterocycles. The minimum atomic E-state index is -0.921. The maximum atomic E-state index is 13.1. The monoisotopic (exact) mass is 464 g/mol. The number of nitrogens with one attached hydrogen (secondary N) is 1. The number of ether oxygens (including phenoxy) is 1. The Bertz CT molecular complexity index is 1040. The zero-order valence-corrected chi connectivity index (χ0v) is 19.8. The van der Waals surface area contributed by atoms with E-state index in [0.717, 1.165) is 22.3 Å². The maximum absolute atomic E-state index is 13.1. The topological polar surface area (TPSA) is 95.9 Å². The van der Waals surface area contributed by atoms with Crippen molar-refractivity contribution >= 4 is 18.0 Å². The van der Waals surface area contributed by atoms with E-state index in [2.05, 4.69) is 29.6 Å². The van der Waals surface area contributed by atoms with Gasteiger partial charge in [-0.3, -0.25) is 9.59 Å². The molecule has 2 aromatic carbocycles. The van der Waals surface area contributed by atoms with E-state index < -0.39 is 23.5 Å². The number of likely N-dealkylation sites (tertiary alicyclic amines) is 1. The van der Waals surface area contributed by atoms with Crippen LogP contribution in [0.15, 0.2) is 48.5 Å². The predicted octanol–water partition coefficient (Wildman–Crippen LogP) is 4.41. The third-order valence-electron chi connectivity index (χ3n) is 7.36. The molecule has 180 valence electrons. The number of alkyl carbamates (subject to hydrolysis) is 1. The van der Waals surface area contributed by atoms with Crippen LogP contribution in [0.3, 0.4) is 0 Å². The SMILES string of the molecule is CC[C@H](NC(=O)OCC1c2ccccc2-c2ccccc21)C(=O)N1CCCC(CC)(C(=O)O)C1. The Morgan fingerprint density at radius 1 is 1.09 bits per heavy atom. The summed E-state index contributed by atoms with van der Waals surface area (Å²) in [6.45, 7) is 4.50. The number of carbonyl (C=O) groups is 3. The first-order chi connectivity index (χ1) is 16.4. The van der Waals surface area contributed by atoms with Crippen molar-refractivity contribution in [2.75, 3.05) is 19.7 Å². The molecule has 1 aliphatic heterocycles. The van der Waals surface area contributed by atoms with Crippen LogP contribution in [0, 0.1) is 5.41 Å². The molecular weight excluding hydrogens is 432 g/mol. The van der Waals surface area contributed by atoms with Crippen LogP contribution in [0.1, 0.15) is 56.6 Å². The van der Waals surface area contributed by atoms with Gasteiger partial charge in [0.05, 0.1) is 5.41 Å². The van der Waals surface area contributed by atoms with Crippen molar-refractivity contribution in [3.63, 3.8) is 0 Å². The lowest BCUT2D eigenvalue weighted by Gasteiger charge is -2.40. The second kappa shape index (κ2) is 9.87. The van der Waals surface area contributed by atoms with Gasteiger partial charge in [-0.2, -0.15) is 0 Å². The molecule has 4 rings (SSSR count). The van der Waals surface area contributed by atoms with Gasteiger partial charge in [0.1, 0.15) is 12.6 Å². The highest BCUT2D eigenvalue weighted by atomic mass is 16.5. The second-order valence-corrected chi connectivity index (χ2v) is 9.23. The van der Waals surface area contributed by atoms with Crippen molar-refractivity contribution in [3.8, 4) is 11.1 Å². The summed E-state index contributed by atoms with van der Waals surface area (Å²) in [7, 11) is 0. The third kappa shape index (κ3) is 4.39. The van der Waals surface area contributed by atoms with Crippen LogP contribution in [0.5, 0.6) is 0 Å². The molecule has 0 radical (unpaired) electrons. The number of amides is 2. The van der Waals surface area contributed by atoms with Gasteiger partial charge < -0.3 is 20.1 Å². The fraction of sp³-hybridized carbons (Fsp3) is 0.444. The molecule has 2 aliphatic rings. The molecule has 34 heavy (non-hydrogen) atoms. The fourth-order valence-corrected chi connectivity index (χ4v) is 5.28. The third-order valence-corrected chi connectivity index (χ3v) is 7.36. The molecule has 1 unspecified atom stereocenters. The van der Waals surface area contributed by atoms with Crippen LogP contribution < -0.4 is 5.32 Å². The minimum Gasteiger partial charge on any atom is -0.481 e. The number of piperidine rings is 1. The van der Waals surface area contributed by atoms with Crippen LogP contribution in [0.25, 0.3) is 11.1 Å². The molecule has 1 saturated heterocycles. The van der Waals surface area contributed by atoms with Crippen LogP contribution >= 0.6 is 0 Å². The van der Waals surface area contributed by atoms with Gasteiger partial charge in [0.2, 0.25) is 5.91 Å². The van der Waals surface area contributed by atoms with Crippen molar-refractivity contribution in [3.05, 3.63) is 59.7 Å². The molecule has 2 aromatic rings. The molecule has 2 atom stereocenters. The normalized spacial score (nSPS) is 20.2. The first-order valence-corrected chi connectivity index (χ1v) is 12.0. The number of fused-ring (bicyclic) bond motifs is 3. The average molecular weight is 465 g/mol. The molecular formula is C27H32N2O5. The number of aliphatic carboxylic acids is 1. The fourth-order valence-electron chi connectivity index (χ4n) is 5.28. The van der Waals surface area contributed by atoms with Crippen molar-refractivity contribution in [2.45, 2.75) is 51.5 Å². The quantitative estimate of drug-likeness (QED) is 0.633. The van der Waals surface area contributed by atoms with E-state index in [1.54, 1.807) is 4.90 Å². The number of carbonyl (C=O) groups excluding carboxylic acids is 2. The Morgan fingerprint density at radius 3 is 2.26 bits per heavy atom. The zero-order valence-electron chi connectivity index (χ0n) is 19.8. The highest BCUT2D eigenvalue weighted by Gasteiger charge is 2.43. The summed E-state index contributed by atoms with van der Waals surface area (Å²) in [4.78, 5) is 39.2. The Kier molecular flexibility index (Phi) is 6.91. The van der Waals surface area contributed by atoms with E-state index in [1.807, 2.05) is 38.1 Å². The second-order valence-electron chi connectivity index (χ2n) is 9.23. The van der Waals surface area contributed by atoms with Crippen molar-refractivity contribution in [1.29, 1.82) is 0 Å². The number of carboxylic acids is 1. The molecule has 0 spiro atoms. The van der Waals surface area contributed by atoms with Crippen LogP contribution in [-0.4, -0.2) is 53.7 Å². The van der Waals surface area contributed by atoms with Crippen molar-refractivity contribution < 1.29 is 24.2 Å². The van der Waals surface area contributed by atoms with Crippen LogP contribution in [0.2, 0.25) is 0 Å². The number of hydrogen-bond acceptors (Lipinski definition) is 4.